The number of hydrogen-bond acceptors (Lipinski definition) is 5. The summed E-state index contributed by atoms with van der Waals surface area (Å²) in [7, 11) is 1.85. The first-order valence-corrected chi connectivity index (χ1v) is 9.72. The van der Waals surface area contributed by atoms with E-state index >= 15 is 0 Å². The first-order chi connectivity index (χ1) is 13.5. The maximum Gasteiger partial charge on any atom is 0.321 e. The van der Waals surface area contributed by atoms with Crippen molar-refractivity contribution in [3.05, 3.63) is 65.7 Å². The Balaban J connectivity index is 1.49. The minimum absolute atomic E-state index is 0.0681. The van der Waals surface area contributed by atoms with Crippen molar-refractivity contribution in [3.63, 3.8) is 0 Å². The van der Waals surface area contributed by atoms with E-state index in [-0.39, 0.29) is 5.75 Å². The van der Waals surface area contributed by atoms with Gasteiger partial charge in [-0.15, -0.1) is 10.2 Å². The van der Waals surface area contributed by atoms with E-state index in [2.05, 4.69) is 20.8 Å². The third-order valence-electron chi connectivity index (χ3n) is 4.03. The maximum atomic E-state index is 12.0. The normalized spacial score (nSPS) is 10.5. The maximum absolute atomic E-state index is 12.0. The standard InChI is InChI=1S/C20H21N5O2S/c1-14-8-10-16(11-9-14)18-23-24-20(25(18)2)28-13-17(26)22-19(27)21-12-15-6-4-3-5-7-15/h3-11H,12-13H2,1-2H3,(H2,21,22,26,27). The number of aryl methyl sites for hydroxylation is 1. The molecule has 28 heavy (non-hydrogen) atoms. The Kier molecular flexibility index (Phi) is 6.44. The molecular weight excluding hydrogens is 374 g/mol. The van der Waals surface area contributed by atoms with E-state index in [1.807, 2.05) is 73.1 Å². The van der Waals surface area contributed by atoms with Gasteiger partial charge in [-0.1, -0.05) is 71.9 Å². The third kappa shape index (κ3) is 5.20. The Morgan fingerprint density at radius 1 is 1.04 bits per heavy atom. The number of amides is 3. The molecule has 0 atom stereocenters. The van der Waals surface area contributed by atoms with E-state index in [1.54, 1.807) is 0 Å². The molecule has 3 amide bonds. The molecule has 2 aromatic carbocycles. The number of rotatable bonds is 6. The molecule has 1 heterocycles. The SMILES string of the molecule is Cc1ccc(-c2nnc(SCC(=O)NC(=O)NCc3ccccc3)n2C)cc1. The van der Waals surface area contributed by atoms with E-state index in [4.69, 9.17) is 0 Å². The molecule has 8 heteroatoms. The van der Waals surface area contributed by atoms with Gasteiger partial charge >= 0.3 is 6.03 Å². The molecule has 0 aliphatic rings. The minimum Gasteiger partial charge on any atom is -0.334 e. The van der Waals surface area contributed by atoms with Crippen molar-refractivity contribution in [1.29, 1.82) is 0 Å². The minimum atomic E-state index is -0.521. The molecule has 0 aliphatic heterocycles. The fraction of sp³-hybridized carbons (Fsp3) is 0.200. The number of imide groups is 1. The Morgan fingerprint density at radius 3 is 2.46 bits per heavy atom. The smallest absolute Gasteiger partial charge is 0.321 e. The summed E-state index contributed by atoms with van der Waals surface area (Å²) in [5.74, 6) is 0.400. The van der Waals surface area contributed by atoms with Crippen LogP contribution < -0.4 is 10.6 Å². The van der Waals surface area contributed by atoms with E-state index in [0.717, 1.165) is 17.0 Å². The van der Waals surface area contributed by atoms with Gasteiger partial charge in [0.2, 0.25) is 5.91 Å². The van der Waals surface area contributed by atoms with Gasteiger partial charge in [0.05, 0.1) is 5.75 Å². The number of nitrogens with one attached hydrogen (secondary N) is 2. The molecule has 1 aromatic heterocycles. The van der Waals surface area contributed by atoms with Crippen LogP contribution >= 0.6 is 11.8 Å². The van der Waals surface area contributed by atoms with Crippen molar-refractivity contribution in [2.45, 2.75) is 18.6 Å². The number of carbonyl (C=O) groups excluding carboxylic acids is 2. The van der Waals surface area contributed by atoms with Crippen molar-refractivity contribution in [2.24, 2.45) is 7.05 Å². The van der Waals surface area contributed by atoms with Crippen molar-refractivity contribution in [2.75, 3.05) is 5.75 Å². The molecule has 3 rings (SSSR count). The van der Waals surface area contributed by atoms with Crippen LogP contribution in [0, 0.1) is 6.92 Å². The molecule has 0 fully saturated rings. The number of carbonyl (C=O) groups is 2. The second kappa shape index (κ2) is 9.18. The lowest BCUT2D eigenvalue weighted by Crippen LogP contribution is -2.39. The summed E-state index contributed by atoms with van der Waals surface area (Å²) in [6.07, 6.45) is 0. The molecule has 0 saturated heterocycles. The lowest BCUT2D eigenvalue weighted by atomic mass is 10.1. The number of nitrogens with zero attached hydrogens (tertiary/aromatic N) is 3. The predicted octanol–water partition coefficient (Wildman–Crippen LogP) is 2.91. The van der Waals surface area contributed by atoms with Gasteiger partial charge in [-0.25, -0.2) is 4.79 Å². The lowest BCUT2D eigenvalue weighted by molar-refractivity contribution is -0.117. The van der Waals surface area contributed by atoms with E-state index in [1.165, 1.54) is 17.3 Å². The Morgan fingerprint density at radius 2 is 1.75 bits per heavy atom. The van der Waals surface area contributed by atoms with Crippen molar-refractivity contribution < 1.29 is 9.59 Å². The molecule has 0 spiro atoms. The molecule has 0 aliphatic carbocycles. The van der Waals surface area contributed by atoms with Crippen LogP contribution in [0.4, 0.5) is 4.79 Å². The Labute approximate surface area is 167 Å². The second-order valence-electron chi connectivity index (χ2n) is 6.24. The van der Waals surface area contributed by atoms with Crippen LogP contribution in [-0.2, 0) is 18.4 Å². The predicted molar refractivity (Wildman–Crippen MR) is 109 cm³/mol. The molecule has 0 bridgehead atoms. The molecular formula is C20H21N5O2S. The zero-order valence-electron chi connectivity index (χ0n) is 15.7. The van der Waals surface area contributed by atoms with Crippen molar-refractivity contribution >= 4 is 23.7 Å². The summed E-state index contributed by atoms with van der Waals surface area (Å²) in [6.45, 7) is 2.38. The van der Waals surface area contributed by atoms with Gasteiger partial charge < -0.3 is 9.88 Å². The average Bonchev–Trinajstić information content (AvgIpc) is 3.07. The molecule has 144 valence electrons. The van der Waals surface area contributed by atoms with Crippen LogP contribution in [0.1, 0.15) is 11.1 Å². The largest absolute Gasteiger partial charge is 0.334 e. The first kappa shape index (κ1) is 19.6. The average molecular weight is 395 g/mol. The highest BCUT2D eigenvalue weighted by molar-refractivity contribution is 7.99. The second-order valence-corrected chi connectivity index (χ2v) is 7.18. The van der Waals surface area contributed by atoms with Crippen LogP contribution in [0.2, 0.25) is 0 Å². The molecule has 0 unspecified atom stereocenters. The Hall–Kier alpha value is -3.13. The summed E-state index contributed by atoms with van der Waals surface area (Å²) in [5, 5.41) is 13.9. The highest BCUT2D eigenvalue weighted by Gasteiger charge is 2.14. The summed E-state index contributed by atoms with van der Waals surface area (Å²) in [4.78, 5) is 23.8. The summed E-state index contributed by atoms with van der Waals surface area (Å²) < 4.78 is 1.83. The first-order valence-electron chi connectivity index (χ1n) is 8.74. The number of benzene rings is 2. The molecule has 7 nitrogen and oxygen atoms in total. The van der Waals surface area contributed by atoms with Crippen molar-refractivity contribution in [3.8, 4) is 11.4 Å². The quantitative estimate of drug-likeness (QED) is 0.627. The van der Waals surface area contributed by atoms with Crippen LogP contribution in [0.3, 0.4) is 0 Å². The van der Waals surface area contributed by atoms with Gasteiger partial charge in [0.25, 0.3) is 0 Å². The fourth-order valence-corrected chi connectivity index (χ4v) is 3.22. The highest BCUT2D eigenvalue weighted by atomic mass is 32.2. The lowest BCUT2D eigenvalue weighted by Gasteiger charge is -2.07. The van der Waals surface area contributed by atoms with Crippen LogP contribution in [0.15, 0.2) is 59.8 Å². The van der Waals surface area contributed by atoms with Crippen LogP contribution in [0.5, 0.6) is 0 Å². The molecule has 0 saturated carbocycles. The Bertz CT molecular complexity index is 954. The fourth-order valence-electron chi connectivity index (χ4n) is 2.51. The van der Waals surface area contributed by atoms with Gasteiger partial charge in [-0.2, -0.15) is 0 Å². The molecule has 0 radical (unpaired) electrons. The molecule has 2 N–H and O–H groups in total. The van der Waals surface area contributed by atoms with Gasteiger partial charge in [0.1, 0.15) is 0 Å². The van der Waals surface area contributed by atoms with E-state index < -0.39 is 11.9 Å². The van der Waals surface area contributed by atoms with Gasteiger partial charge in [0.15, 0.2) is 11.0 Å². The zero-order chi connectivity index (χ0) is 19.9. The van der Waals surface area contributed by atoms with Crippen molar-refractivity contribution in [1.82, 2.24) is 25.4 Å². The van der Waals surface area contributed by atoms with Gasteiger partial charge in [-0.05, 0) is 12.5 Å². The topological polar surface area (TPSA) is 88.9 Å². The number of thioether (sulfide) groups is 1. The monoisotopic (exact) mass is 395 g/mol. The van der Waals surface area contributed by atoms with Gasteiger partial charge in [0, 0.05) is 19.2 Å². The number of hydrogen-bond donors (Lipinski definition) is 2. The number of aromatic nitrogens is 3. The van der Waals surface area contributed by atoms with E-state index in [9.17, 15) is 9.59 Å². The van der Waals surface area contributed by atoms with Crippen LogP contribution in [-0.4, -0.2) is 32.5 Å². The van der Waals surface area contributed by atoms with Gasteiger partial charge in [-0.3, -0.25) is 10.1 Å². The summed E-state index contributed by atoms with van der Waals surface area (Å²) in [6, 6.07) is 17.0. The number of urea groups is 1. The zero-order valence-corrected chi connectivity index (χ0v) is 16.5. The summed E-state index contributed by atoms with van der Waals surface area (Å²) >= 11 is 1.23. The van der Waals surface area contributed by atoms with E-state index in [0.29, 0.717) is 11.7 Å². The summed E-state index contributed by atoms with van der Waals surface area (Å²) in [5.41, 5.74) is 3.09. The third-order valence-corrected chi connectivity index (χ3v) is 5.05. The molecule has 3 aromatic rings. The van der Waals surface area contributed by atoms with Crippen LogP contribution in [0.25, 0.3) is 11.4 Å². The highest BCUT2D eigenvalue weighted by Crippen LogP contribution is 2.22.